The number of hydrogen-bond acceptors (Lipinski definition) is 5. The van der Waals surface area contributed by atoms with E-state index in [9.17, 15) is 14.0 Å². The lowest BCUT2D eigenvalue weighted by Gasteiger charge is -2.15. The van der Waals surface area contributed by atoms with Gasteiger partial charge in [-0.3, -0.25) is 18.6 Å². The summed E-state index contributed by atoms with van der Waals surface area (Å²) in [7, 11) is 0. The summed E-state index contributed by atoms with van der Waals surface area (Å²) in [6, 6.07) is 22.6. The molecule has 5 rings (SSSR count). The maximum Gasteiger partial charge on any atom is 0.263 e. The number of nitrogens with zero attached hydrogens (tertiary/aromatic N) is 4. The van der Waals surface area contributed by atoms with Crippen LogP contribution in [0.4, 0.5) is 10.1 Å². The molecule has 0 aliphatic heterocycles. The van der Waals surface area contributed by atoms with Gasteiger partial charge in [-0.15, -0.1) is 10.2 Å². The van der Waals surface area contributed by atoms with Gasteiger partial charge in [-0.1, -0.05) is 61.2 Å². The minimum absolute atomic E-state index is 0.151. The van der Waals surface area contributed by atoms with E-state index in [2.05, 4.69) is 15.5 Å². The number of fused-ring (bicyclic) bond motifs is 3. The minimum Gasteiger partial charge on any atom is -0.325 e. The molecule has 0 aliphatic carbocycles. The molecule has 0 fully saturated rings. The Balaban J connectivity index is 1.55. The summed E-state index contributed by atoms with van der Waals surface area (Å²) >= 11 is 1.28. The monoisotopic (exact) mass is 487 g/mol. The smallest absolute Gasteiger partial charge is 0.263 e. The average molecular weight is 488 g/mol. The van der Waals surface area contributed by atoms with Crippen LogP contribution >= 0.6 is 11.8 Å². The Kier molecular flexibility index (Phi) is 6.33. The second-order valence-electron chi connectivity index (χ2n) is 8.02. The number of thioether (sulfide) groups is 1. The van der Waals surface area contributed by atoms with Gasteiger partial charge in [-0.05, 0) is 48.4 Å². The van der Waals surface area contributed by atoms with Crippen molar-refractivity contribution in [2.24, 2.45) is 0 Å². The van der Waals surface area contributed by atoms with Crippen molar-refractivity contribution in [2.75, 3.05) is 5.32 Å². The zero-order chi connectivity index (χ0) is 24.4. The number of nitrogens with one attached hydrogen (secondary N) is 1. The summed E-state index contributed by atoms with van der Waals surface area (Å²) in [5.41, 5.74) is 2.01. The standard InChI is InChI=1S/C26H22FN5O2S/c1-2-22(23(33)28-19-14-12-18(27)13-15-19)35-26-30-29-25-31(16-17-8-4-3-5-9-17)24(34)20-10-6-7-11-21(20)32(25)26/h3-15,22H,2,16H2,1H3,(H,28,33). The highest BCUT2D eigenvalue weighted by atomic mass is 32.2. The summed E-state index contributed by atoms with van der Waals surface area (Å²) in [6.45, 7) is 2.26. The third-order valence-electron chi connectivity index (χ3n) is 5.68. The molecule has 5 aromatic rings. The van der Waals surface area contributed by atoms with Gasteiger partial charge in [0, 0.05) is 5.69 Å². The van der Waals surface area contributed by atoms with Crippen LogP contribution in [0.15, 0.2) is 88.8 Å². The van der Waals surface area contributed by atoms with Crippen molar-refractivity contribution in [1.82, 2.24) is 19.2 Å². The molecule has 0 saturated heterocycles. The van der Waals surface area contributed by atoms with Gasteiger partial charge in [0.15, 0.2) is 5.16 Å². The number of anilines is 1. The number of halogens is 1. The van der Waals surface area contributed by atoms with E-state index in [0.717, 1.165) is 5.56 Å². The number of hydrogen-bond donors (Lipinski definition) is 1. The Morgan fingerprint density at radius 2 is 1.71 bits per heavy atom. The van der Waals surface area contributed by atoms with Crippen LogP contribution in [0, 0.1) is 5.82 Å². The fourth-order valence-electron chi connectivity index (χ4n) is 3.92. The summed E-state index contributed by atoms with van der Waals surface area (Å²) < 4.78 is 16.7. The van der Waals surface area contributed by atoms with Gasteiger partial charge in [0.2, 0.25) is 11.7 Å². The molecule has 0 spiro atoms. The summed E-state index contributed by atoms with van der Waals surface area (Å²) in [4.78, 5) is 26.3. The first kappa shape index (κ1) is 22.8. The molecule has 0 aliphatic rings. The number of carbonyl (C=O) groups excluding carboxylic acids is 1. The predicted octanol–water partition coefficient (Wildman–Crippen LogP) is 4.74. The van der Waals surface area contributed by atoms with E-state index >= 15 is 0 Å². The second kappa shape index (κ2) is 9.71. The second-order valence-corrected chi connectivity index (χ2v) is 9.19. The van der Waals surface area contributed by atoms with Crippen molar-refractivity contribution in [3.05, 3.63) is 101 Å². The largest absolute Gasteiger partial charge is 0.325 e. The molecule has 0 radical (unpaired) electrons. The molecule has 2 aromatic heterocycles. The molecule has 9 heteroatoms. The van der Waals surface area contributed by atoms with E-state index in [1.165, 1.54) is 36.0 Å². The first-order valence-electron chi connectivity index (χ1n) is 11.2. The van der Waals surface area contributed by atoms with E-state index in [-0.39, 0.29) is 17.3 Å². The molecule has 176 valence electrons. The fraction of sp³-hybridized carbons (Fsp3) is 0.154. The van der Waals surface area contributed by atoms with Gasteiger partial charge in [0.05, 0.1) is 22.7 Å². The number of amides is 1. The van der Waals surface area contributed by atoms with E-state index < -0.39 is 5.25 Å². The van der Waals surface area contributed by atoms with E-state index in [4.69, 9.17) is 0 Å². The van der Waals surface area contributed by atoms with Crippen molar-refractivity contribution < 1.29 is 9.18 Å². The van der Waals surface area contributed by atoms with Gasteiger partial charge in [0.1, 0.15) is 5.82 Å². The van der Waals surface area contributed by atoms with Crippen LogP contribution < -0.4 is 10.9 Å². The predicted molar refractivity (Wildman–Crippen MR) is 135 cm³/mol. The fourth-order valence-corrected chi connectivity index (χ4v) is 4.88. The first-order valence-corrected chi connectivity index (χ1v) is 12.1. The molecule has 7 nitrogen and oxygen atoms in total. The number of carbonyl (C=O) groups is 1. The van der Waals surface area contributed by atoms with Crippen molar-refractivity contribution in [2.45, 2.75) is 30.3 Å². The lowest BCUT2D eigenvalue weighted by Crippen LogP contribution is -2.25. The van der Waals surface area contributed by atoms with Gasteiger partial charge in [-0.25, -0.2) is 4.39 Å². The zero-order valence-corrected chi connectivity index (χ0v) is 19.7. The topological polar surface area (TPSA) is 81.3 Å². The molecule has 1 unspecified atom stereocenters. The molecule has 35 heavy (non-hydrogen) atoms. The lowest BCUT2D eigenvalue weighted by molar-refractivity contribution is -0.115. The molecular formula is C26H22FN5O2S. The Bertz CT molecular complexity index is 1560. The van der Waals surface area contributed by atoms with Crippen LogP contribution in [-0.4, -0.2) is 30.3 Å². The molecule has 1 amide bonds. The van der Waals surface area contributed by atoms with E-state index in [1.54, 1.807) is 10.6 Å². The molecule has 1 N–H and O–H groups in total. The quantitative estimate of drug-likeness (QED) is 0.336. The highest BCUT2D eigenvalue weighted by Crippen LogP contribution is 2.28. The van der Waals surface area contributed by atoms with Gasteiger partial charge in [0.25, 0.3) is 5.56 Å². The number of para-hydroxylation sites is 1. The molecule has 0 bridgehead atoms. The van der Waals surface area contributed by atoms with Gasteiger partial charge >= 0.3 is 0 Å². The van der Waals surface area contributed by atoms with E-state index in [1.807, 2.05) is 59.9 Å². The van der Waals surface area contributed by atoms with Crippen LogP contribution in [0.25, 0.3) is 16.7 Å². The Labute approximate surface area is 204 Å². The van der Waals surface area contributed by atoms with Crippen LogP contribution in [0.5, 0.6) is 0 Å². The number of aromatic nitrogens is 4. The maximum absolute atomic E-state index is 13.4. The summed E-state index contributed by atoms with van der Waals surface area (Å²) in [5, 5.41) is 12.1. The van der Waals surface area contributed by atoms with Crippen LogP contribution in [0.3, 0.4) is 0 Å². The number of rotatable bonds is 7. The van der Waals surface area contributed by atoms with Gasteiger partial charge in [-0.2, -0.15) is 0 Å². The molecular weight excluding hydrogens is 465 g/mol. The molecule has 3 aromatic carbocycles. The normalized spacial score (nSPS) is 12.2. The highest BCUT2D eigenvalue weighted by molar-refractivity contribution is 8.00. The van der Waals surface area contributed by atoms with Crippen molar-refractivity contribution >= 4 is 40.0 Å². The van der Waals surface area contributed by atoms with Crippen LogP contribution in [-0.2, 0) is 11.3 Å². The molecule has 1 atom stereocenters. The SMILES string of the molecule is CCC(Sc1nnc2n(Cc3ccccc3)c(=O)c3ccccc3n12)C(=O)Nc1ccc(F)cc1. The minimum atomic E-state index is -0.472. The van der Waals surface area contributed by atoms with Gasteiger partial charge < -0.3 is 5.32 Å². The Hall–Kier alpha value is -3.98. The van der Waals surface area contributed by atoms with Crippen molar-refractivity contribution in [3.8, 4) is 0 Å². The summed E-state index contributed by atoms with van der Waals surface area (Å²) in [6.07, 6.45) is 0.536. The average Bonchev–Trinajstić information content (AvgIpc) is 3.30. The Morgan fingerprint density at radius 3 is 2.46 bits per heavy atom. The van der Waals surface area contributed by atoms with Crippen LogP contribution in [0.2, 0.25) is 0 Å². The first-order chi connectivity index (χ1) is 17.0. The third-order valence-corrected chi connectivity index (χ3v) is 6.99. The maximum atomic E-state index is 13.4. The lowest BCUT2D eigenvalue weighted by atomic mass is 10.2. The van der Waals surface area contributed by atoms with Crippen LogP contribution in [0.1, 0.15) is 18.9 Å². The molecule has 0 saturated carbocycles. The highest BCUT2D eigenvalue weighted by Gasteiger charge is 2.23. The summed E-state index contributed by atoms with van der Waals surface area (Å²) in [5.74, 6) is -0.176. The molecule has 2 heterocycles. The van der Waals surface area contributed by atoms with E-state index in [0.29, 0.717) is 40.5 Å². The zero-order valence-electron chi connectivity index (χ0n) is 18.9. The third kappa shape index (κ3) is 4.54. The van der Waals surface area contributed by atoms with Crippen molar-refractivity contribution in [1.29, 1.82) is 0 Å². The number of benzene rings is 3. The Morgan fingerprint density at radius 1 is 1.00 bits per heavy atom. The van der Waals surface area contributed by atoms with Crippen molar-refractivity contribution in [3.63, 3.8) is 0 Å².